The molecule has 1 aromatic heterocycles. The lowest BCUT2D eigenvalue weighted by Gasteiger charge is -2.07. The van der Waals surface area contributed by atoms with Gasteiger partial charge >= 0.3 is 5.69 Å². The molecule has 0 aliphatic rings. The van der Waals surface area contributed by atoms with Crippen LogP contribution in [0.2, 0.25) is 0 Å². The normalized spacial score (nSPS) is 9.85. The number of para-hydroxylation sites is 1. The predicted octanol–water partition coefficient (Wildman–Crippen LogP) is 1.68. The number of amides is 1. The van der Waals surface area contributed by atoms with Crippen LogP contribution in [-0.2, 0) is 0 Å². The number of hydrogen-bond donors (Lipinski definition) is 2. The molecule has 0 unspecified atom stereocenters. The monoisotopic (exact) mass is 273 g/mol. The first-order chi connectivity index (χ1) is 9.63. The van der Waals surface area contributed by atoms with Crippen LogP contribution in [0.5, 0.6) is 0 Å². The average Bonchev–Trinajstić information content (AvgIpc) is 2.47. The Morgan fingerprint density at radius 1 is 1.30 bits per heavy atom. The lowest BCUT2D eigenvalue weighted by Crippen LogP contribution is -2.15. The van der Waals surface area contributed by atoms with Crippen molar-refractivity contribution >= 4 is 23.1 Å². The Hall–Kier alpha value is -3.03. The molecule has 0 saturated heterocycles. The number of nitrogens with zero attached hydrogens (tertiary/aromatic N) is 3. The number of aromatic nitrogens is 2. The highest BCUT2D eigenvalue weighted by atomic mass is 16.6. The van der Waals surface area contributed by atoms with Crippen molar-refractivity contribution in [3.63, 3.8) is 0 Å². The second kappa shape index (κ2) is 5.74. The number of carbonyl (C=O) groups excluding carboxylic acids is 1. The first-order valence-electron chi connectivity index (χ1n) is 5.67. The highest BCUT2D eigenvalue weighted by Gasteiger charge is 2.24. The summed E-state index contributed by atoms with van der Waals surface area (Å²) >= 11 is 0. The van der Waals surface area contributed by atoms with E-state index in [1.165, 1.54) is 18.3 Å². The molecular formula is C12H11N5O3. The SMILES string of the molecule is CNc1cccc(C(=O)Nc2cccnn2)c1[N+](=O)[O-]. The van der Waals surface area contributed by atoms with Gasteiger partial charge in [0.15, 0.2) is 5.82 Å². The molecule has 2 rings (SSSR count). The van der Waals surface area contributed by atoms with E-state index in [2.05, 4.69) is 20.8 Å². The smallest absolute Gasteiger partial charge is 0.305 e. The second-order valence-electron chi connectivity index (χ2n) is 3.77. The Kier molecular flexibility index (Phi) is 3.85. The van der Waals surface area contributed by atoms with E-state index in [0.717, 1.165) is 0 Å². The molecule has 1 aromatic carbocycles. The van der Waals surface area contributed by atoms with Crippen LogP contribution in [0.25, 0.3) is 0 Å². The highest BCUT2D eigenvalue weighted by molar-refractivity contribution is 6.08. The van der Waals surface area contributed by atoms with Crippen molar-refractivity contribution in [1.82, 2.24) is 10.2 Å². The maximum absolute atomic E-state index is 12.1. The maximum atomic E-state index is 12.1. The van der Waals surface area contributed by atoms with Crippen LogP contribution >= 0.6 is 0 Å². The highest BCUT2D eigenvalue weighted by Crippen LogP contribution is 2.28. The molecule has 0 radical (unpaired) electrons. The van der Waals surface area contributed by atoms with Crippen LogP contribution in [-0.4, -0.2) is 28.1 Å². The van der Waals surface area contributed by atoms with Crippen LogP contribution in [0, 0.1) is 10.1 Å². The van der Waals surface area contributed by atoms with Gasteiger partial charge in [0.2, 0.25) is 0 Å². The largest absolute Gasteiger partial charge is 0.383 e. The molecule has 8 heteroatoms. The molecule has 1 heterocycles. The van der Waals surface area contributed by atoms with E-state index in [0.29, 0.717) is 0 Å². The van der Waals surface area contributed by atoms with Crippen molar-refractivity contribution in [3.05, 3.63) is 52.2 Å². The zero-order valence-corrected chi connectivity index (χ0v) is 10.5. The number of anilines is 2. The number of rotatable bonds is 4. The Morgan fingerprint density at radius 3 is 2.70 bits per heavy atom. The molecule has 0 spiro atoms. The van der Waals surface area contributed by atoms with Crippen LogP contribution in [0.4, 0.5) is 17.2 Å². The van der Waals surface area contributed by atoms with E-state index in [1.807, 2.05) is 0 Å². The van der Waals surface area contributed by atoms with Gasteiger partial charge in [0, 0.05) is 13.2 Å². The molecule has 0 aliphatic carbocycles. The molecule has 0 atom stereocenters. The number of hydrogen-bond acceptors (Lipinski definition) is 6. The van der Waals surface area contributed by atoms with E-state index < -0.39 is 10.8 Å². The van der Waals surface area contributed by atoms with Gasteiger partial charge in [-0.25, -0.2) is 0 Å². The fraction of sp³-hybridized carbons (Fsp3) is 0.0833. The fourth-order valence-electron chi connectivity index (χ4n) is 1.68. The summed E-state index contributed by atoms with van der Waals surface area (Å²) in [4.78, 5) is 22.6. The number of carbonyl (C=O) groups is 1. The summed E-state index contributed by atoms with van der Waals surface area (Å²) in [5.41, 5.74) is -0.0642. The van der Waals surface area contributed by atoms with Crippen molar-refractivity contribution in [2.75, 3.05) is 17.7 Å². The zero-order valence-electron chi connectivity index (χ0n) is 10.5. The fourth-order valence-corrected chi connectivity index (χ4v) is 1.68. The molecule has 0 aliphatic heterocycles. The molecule has 8 nitrogen and oxygen atoms in total. The number of nitrogens with one attached hydrogen (secondary N) is 2. The van der Waals surface area contributed by atoms with Crippen LogP contribution in [0.15, 0.2) is 36.5 Å². The molecule has 0 saturated carbocycles. The number of nitro groups is 1. The molecule has 2 aromatic rings. The summed E-state index contributed by atoms with van der Waals surface area (Å²) in [7, 11) is 1.55. The van der Waals surface area contributed by atoms with E-state index in [-0.39, 0.29) is 22.8 Å². The third-order valence-electron chi connectivity index (χ3n) is 2.55. The summed E-state index contributed by atoms with van der Waals surface area (Å²) in [6, 6.07) is 7.60. The zero-order chi connectivity index (χ0) is 14.5. The van der Waals surface area contributed by atoms with Gasteiger partial charge in [-0.05, 0) is 24.3 Å². The second-order valence-corrected chi connectivity index (χ2v) is 3.77. The summed E-state index contributed by atoms with van der Waals surface area (Å²) in [5.74, 6) is -0.393. The van der Waals surface area contributed by atoms with E-state index in [1.54, 1.807) is 25.2 Å². The van der Waals surface area contributed by atoms with Gasteiger partial charge in [-0.3, -0.25) is 14.9 Å². The van der Waals surface area contributed by atoms with Gasteiger partial charge in [0.1, 0.15) is 11.3 Å². The van der Waals surface area contributed by atoms with Crippen LogP contribution in [0.3, 0.4) is 0 Å². The van der Waals surface area contributed by atoms with Gasteiger partial charge in [-0.15, -0.1) is 5.10 Å². The minimum Gasteiger partial charge on any atom is -0.383 e. The lowest BCUT2D eigenvalue weighted by molar-refractivity contribution is -0.384. The molecule has 102 valence electrons. The lowest BCUT2D eigenvalue weighted by atomic mass is 10.1. The van der Waals surface area contributed by atoms with E-state index in [4.69, 9.17) is 0 Å². The Morgan fingerprint density at radius 2 is 2.10 bits per heavy atom. The van der Waals surface area contributed by atoms with Crippen LogP contribution < -0.4 is 10.6 Å². The summed E-state index contributed by atoms with van der Waals surface area (Å²) in [6.45, 7) is 0. The average molecular weight is 273 g/mol. The van der Waals surface area contributed by atoms with E-state index >= 15 is 0 Å². The minimum absolute atomic E-state index is 0.0486. The van der Waals surface area contributed by atoms with Gasteiger partial charge in [-0.1, -0.05) is 6.07 Å². The predicted molar refractivity (Wildman–Crippen MR) is 72.6 cm³/mol. The first-order valence-corrected chi connectivity index (χ1v) is 5.67. The van der Waals surface area contributed by atoms with Gasteiger partial charge in [0.05, 0.1) is 4.92 Å². The maximum Gasteiger partial charge on any atom is 0.305 e. The molecule has 20 heavy (non-hydrogen) atoms. The van der Waals surface area contributed by atoms with Crippen molar-refractivity contribution < 1.29 is 9.72 Å². The first kappa shape index (κ1) is 13.4. The Labute approximate surface area is 114 Å². The third-order valence-corrected chi connectivity index (χ3v) is 2.55. The van der Waals surface area contributed by atoms with E-state index in [9.17, 15) is 14.9 Å². The molecule has 0 fully saturated rings. The molecule has 1 amide bonds. The number of nitro benzene ring substituents is 1. The van der Waals surface area contributed by atoms with Crippen molar-refractivity contribution in [1.29, 1.82) is 0 Å². The molecule has 0 bridgehead atoms. The summed E-state index contributed by atoms with van der Waals surface area (Å²) < 4.78 is 0. The van der Waals surface area contributed by atoms with Gasteiger partial charge < -0.3 is 10.6 Å². The Balaban J connectivity index is 2.37. The van der Waals surface area contributed by atoms with Crippen LogP contribution in [0.1, 0.15) is 10.4 Å². The Bertz CT molecular complexity index is 645. The quantitative estimate of drug-likeness (QED) is 0.647. The molecule has 2 N–H and O–H groups in total. The topological polar surface area (TPSA) is 110 Å². The van der Waals surface area contributed by atoms with Crippen molar-refractivity contribution in [3.8, 4) is 0 Å². The molecular weight excluding hydrogens is 262 g/mol. The summed E-state index contributed by atoms with van der Waals surface area (Å²) in [5, 5.41) is 23.6. The standard InChI is InChI=1S/C12H11N5O3/c1-13-9-5-2-4-8(11(9)17(19)20)12(18)15-10-6-3-7-14-16-10/h2-7,13H,1H3,(H,15,16,18). The third kappa shape index (κ3) is 2.69. The summed E-state index contributed by atoms with van der Waals surface area (Å²) in [6.07, 6.45) is 1.46. The van der Waals surface area contributed by atoms with Crippen molar-refractivity contribution in [2.24, 2.45) is 0 Å². The minimum atomic E-state index is -0.616. The van der Waals surface area contributed by atoms with Gasteiger partial charge in [0.25, 0.3) is 5.91 Å². The van der Waals surface area contributed by atoms with Gasteiger partial charge in [-0.2, -0.15) is 5.10 Å². The number of benzene rings is 1. The van der Waals surface area contributed by atoms with Crippen molar-refractivity contribution in [2.45, 2.75) is 0 Å².